The Labute approximate surface area is 150 Å². The fourth-order valence-corrected chi connectivity index (χ4v) is 3.54. The summed E-state index contributed by atoms with van der Waals surface area (Å²) in [5.74, 6) is 0.691. The van der Waals surface area contributed by atoms with Crippen molar-refractivity contribution in [1.82, 2.24) is 10.2 Å². The van der Waals surface area contributed by atoms with Gasteiger partial charge in [-0.15, -0.1) is 0 Å². The predicted octanol–water partition coefficient (Wildman–Crippen LogP) is 2.21. The summed E-state index contributed by atoms with van der Waals surface area (Å²) in [6.07, 6.45) is 2.80. The number of likely N-dealkylation sites (tertiary alicyclic amines) is 1. The average Bonchev–Trinajstić information content (AvgIpc) is 3.15. The van der Waals surface area contributed by atoms with Crippen LogP contribution in [0.2, 0.25) is 0 Å². The molecule has 1 aromatic carbocycles. The van der Waals surface area contributed by atoms with Gasteiger partial charge in [0.1, 0.15) is 6.10 Å². The molecule has 0 aromatic heterocycles. The highest BCUT2D eigenvalue weighted by molar-refractivity contribution is 5.80. The minimum Gasteiger partial charge on any atom is -0.381 e. The van der Waals surface area contributed by atoms with Gasteiger partial charge in [0.15, 0.2) is 0 Å². The highest BCUT2D eigenvalue weighted by atomic mass is 16.5. The molecule has 0 radical (unpaired) electrons. The number of benzene rings is 1. The molecule has 25 heavy (non-hydrogen) atoms. The minimum atomic E-state index is -0.422. The van der Waals surface area contributed by atoms with Gasteiger partial charge in [-0.1, -0.05) is 30.3 Å². The number of carbonyl (C=O) groups excluding carboxylic acids is 1. The van der Waals surface area contributed by atoms with Crippen molar-refractivity contribution in [2.24, 2.45) is 5.92 Å². The van der Waals surface area contributed by atoms with Gasteiger partial charge in [-0.2, -0.15) is 0 Å². The SMILES string of the molecule is CC(OCc1ccccc1)C(=O)NC1CCN(CC2CCOC2)CC1. The average molecular weight is 346 g/mol. The maximum Gasteiger partial charge on any atom is 0.249 e. The maximum absolute atomic E-state index is 12.3. The second-order valence-corrected chi connectivity index (χ2v) is 7.25. The second kappa shape index (κ2) is 9.32. The van der Waals surface area contributed by atoms with Gasteiger partial charge >= 0.3 is 0 Å². The Kier molecular flexibility index (Phi) is 6.84. The van der Waals surface area contributed by atoms with Crippen LogP contribution in [0.3, 0.4) is 0 Å². The van der Waals surface area contributed by atoms with Crippen LogP contribution in [0.4, 0.5) is 0 Å². The number of nitrogens with one attached hydrogen (secondary N) is 1. The van der Waals surface area contributed by atoms with E-state index in [0.29, 0.717) is 12.5 Å². The number of carbonyl (C=O) groups is 1. The van der Waals surface area contributed by atoms with E-state index >= 15 is 0 Å². The lowest BCUT2D eigenvalue weighted by atomic mass is 10.0. The molecule has 2 atom stereocenters. The zero-order valence-corrected chi connectivity index (χ0v) is 15.2. The van der Waals surface area contributed by atoms with Gasteiger partial charge in [-0.25, -0.2) is 0 Å². The summed E-state index contributed by atoms with van der Waals surface area (Å²) in [5.41, 5.74) is 1.09. The minimum absolute atomic E-state index is 0.00132. The topological polar surface area (TPSA) is 50.8 Å². The van der Waals surface area contributed by atoms with Crippen molar-refractivity contribution in [2.45, 2.75) is 44.9 Å². The molecular weight excluding hydrogens is 316 g/mol. The summed E-state index contributed by atoms with van der Waals surface area (Å²) in [6, 6.07) is 10.2. The van der Waals surface area contributed by atoms with Crippen molar-refractivity contribution >= 4 is 5.91 Å². The first-order valence-electron chi connectivity index (χ1n) is 9.46. The van der Waals surface area contributed by atoms with Gasteiger partial charge in [0.2, 0.25) is 5.91 Å². The number of hydrogen-bond acceptors (Lipinski definition) is 4. The van der Waals surface area contributed by atoms with Crippen molar-refractivity contribution in [3.05, 3.63) is 35.9 Å². The highest BCUT2D eigenvalue weighted by Gasteiger charge is 2.25. The summed E-state index contributed by atoms with van der Waals surface area (Å²) < 4.78 is 11.2. The third-order valence-corrected chi connectivity index (χ3v) is 5.19. The van der Waals surface area contributed by atoms with E-state index in [1.165, 1.54) is 6.42 Å². The predicted molar refractivity (Wildman–Crippen MR) is 97.2 cm³/mol. The summed E-state index contributed by atoms with van der Waals surface area (Å²) >= 11 is 0. The monoisotopic (exact) mass is 346 g/mol. The van der Waals surface area contributed by atoms with Crippen LogP contribution < -0.4 is 5.32 Å². The first kappa shape index (κ1) is 18.4. The molecule has 1 aromatic rings. The van der Waals surface area contributed by atoms with Gasteiger partial charge < -0.3 is 19.7 Å². The van der Waals surface area contributed by atoms with Crippen LogP contribution in [0.15, 0.2) is 30.3 Å². The van der Waals surface area contributed by atoms with Crippen LogP contribution in [-0.4, -0.2) is 55.8 Å². The molecular formula is C20H30N2O3. The molecule has 5 nitrogen and oxygen atoms in total. The summed E-state index contributed by atoms with van der Waals surface area (Å²) in [6.45, 7) is 7.37. The number of nitrogens with zero attached hydrogens (tertiary/aromatic N) is 1. The van der Waals surface area contributed by atoms with E-state index in [2.05, 4.69) is 10.2 Å². The van der Waals surface area contributed by atoms with Gasteiger partial charge in [-0.3, -0.25) is 4.79 Å². The first-order valence-corrected chi connectivity index (χ1v) is 9.46. The van der Waals surface area contributed by atoms with Gasteiger partial charge in [-0.05, 0) is 37.7 Å². The standard InChI is InChI=1S/C20H30N2O3/c1-16(25-15-17-5-3-2-4-6-17)20(23)21-19-7-10-22(11-8-19)13-18-9-12-24-14-18/h2-6,16,18-19H,7-15H2,1H3,(H,21,23). The Bertz CT molecular complexity index is 523. The molecule has 0 aliphatic carbocycles. The third-order valence-electron chi connectivity index (χ3n) is 5.19. The fourth-order valence-electron chi connectivity index (χ4n) is 3.54. The molecule has 2 aliphatic rings. The molecule has 3 rings (SSSR count). The molecule has 2 fully saturated rings. The van der Waals surface area contributed by atoms with E-state index in [-0.39, 0.29) is 11.9 Å². The number of rotatable bonds is 7. The number of ether oxygens (including phenoxy) is 2. The van der Waals surface area contributed by atoms with E-state index in [0.717, 1.165) is 51.3 Å². The number of hydrogen-bond donors (Lipinski definition) is 1. The zero-order chi connectivity index (χ0) is 17.5. The Hall–Kier alpha value is -1.43. The van der Waals surface area contributed by atoms with Crippen LogP contribution in [0.25, 0.3) is 0 Å². The number of piperidine rings is 1. The quantitative estimate of drug-likeness (QED) is 0.822. The van der Waals surface area contributed by atoms with Crippen molar-refractivity contribution in [2.75, 3.05) is 32.8 Å². The maximum atomic E-state index is 12.3. The normalized spacial score (nSPS) is 23.5. The van der Waals surface area contributed by atoms with Crippen molar-refractivity contribution in [3.8, 4) is 0 Å². The largest absolute Gasteiger partial charge is 0.381 e. The second-order valence-electron chi connectivity index (χ2n) is 7.25. The summed E-state index contributed by atoms with van der Waals surface area (Å²) in [5, 5.41) is 3.15. The Morgan fingerprint density at radius 2 is 2.04 bits per heavy atom. The van der Waals surface area contributed by atoms with Crippen LogP contribution in [0, 0.1) is 5.92 Å². The van der Waals surface area contributed by atoms with Crippen LogP contribution >= 0.6 is 0 Å². The Balaban J connectivity index is 1.34. The molecule has 5 heteroatoms. The molecule has 2 unspecified atom stereocenters. The lowest BCUT2D eigenvalue weighted by molar-refractivity contribution is -0.133. The van der Waals surface area contributed by atoms with Gasteiger partial charge in [0.05, 0.1) is 13.2 Å². The molecule has 0 spiro atoms. The zero-order valence-electron chi connectivity index (χ0n) is 15.2. The highest BCUT2D eigenvalue weighted by Crippen LogP contribution is 2.18. The lowest BCUT2D eigenvalue weighted by Gasteiger charge is -2.34. The lowest BCUT2D eigenvalue weighted by Crippen LogP contribution is -2.48. The van der Waals surface area contributed by atoms with Gasteiger partial charge in [0.25, 0.3) is 0 Å². The Morgan fingerprint density at radius 1 is 1.28 bits per heavy atom. The number of amides is 1. The summed E-state index contributed by atoms with van der Waals surface area (Å²) in [7, 11) is 0. The van der Waals surface area contributed by atoms with Crippen LogP contribution in [0.5, 0.6) is 0 Å². The molecule has 1 N–H and O–H groups in total. The smallest absolute Gasteiger partial charge is 0.249 e. The molecule has 2 heterocycles. The first-order chi connectivity index (χ1) is 12.2. The Morgan fingerprint density at radius 3 is 2.72 bits per heavy atom. The molecule has 0 saturated carbocycles. The van der Waals surface area contributed by atoms with E-state index in [1.807, 2.05) is 37.3 Å². The fraction of sp³-hybridized carbons (Fsp3) is 0.650. The van der Waals surface area contributed by atoms with Gasteiger partial charge in [0, 0.05) is 32.3 Å². The van der Waals surface area contributed by atoms with Crippen LogP contribution in [-0.2, 0) is 20.9 Å². The van der Waals surface area contributed by atoms with E-state index < -0.39 is 6.10 Å². The van der Waals surface area contributed by atoms with Crippen molar-refractivity contribution in [3.63, 3.8) is 0 Å². The molecule has 2 saturated heterocycles. The van der Waals surface area contributed by atoms with Crippen molar-refractivity contribution < 1.29 is 14.3 Å². The van der Waals surface area contributed by atoms with E-state index in [9.17, 15) is 4.79 Å². The molecule has 1 amide bonds. The van der Waals surface area contributed by atoms with Crippen LogP contribution in [0.1, 0.15) is 31.7 Å². The van der Waals surface area contributed by atoms with Crippen molar-refractivity contribution in [1.29, 1.82) is 0 Å². The van der Waals surface area contributed by atoms with E-state index in [4.69, 9.17) is 9.47 Å². The third kappa shape index (κ3) is 5.80. The molecule has 2 aliphatic heterocycles. The van der Waals surface area contributed by atoms with E-state index in [1.54, 1.807) is 0 Å². The molecule has 0 bridgehead atoms. The molecule has 138 valence electrons. The summed E-state index contributed by atoms with van der Waals surface area (Å²) in [4.78, 5) is 14.8.